The van der Waals surface area contributed by atoms with Crippen molar-refractivity contribution in [2.45, 2.75) is 19.0 Å². The first-order valence-electron chi connectivity index (χ1n) is 6.75. The molecule has 7 heteroatoms. The number of benzene rings is 1. The van der Waals surface area contributed by atoms with E-state index in [1.807, 2.05) is 12.1 Å². The van der Waals surface area contributed by atoms with Crippen LogP contribution in [0.15, 0.2) is 12.1 Å². The lowest BCUT2D eigenvalue weighted by Crippen LogP contribution is -2.42. The van der Waals surface area contributed by atoms with E-state index in [-0.39, 0.29) is 19.3 Å². The van der Waals surface area contributed by atoms with E-state index in [1.54, 1.807) is 11.8 Å². The van der Waals surface area contributed by atoms with E-state index in [4.69, 9.17) is 26.2 Å². The van der Waals surface area contributed by atoms with Crippen molar-refractivity contribution >= 4 is 29.3 Å². The molecule has 1 aromatic carbocycles. The Morgan fingerprint density at radius 1 is 1.48 bits per heavy atom. The van der Waals surface area contributed by atoms with Gasteiger partial charge in [0, 0.05) is 30.6 Å². The molecule has 0 saturated carbocycles. The average molecular weight is 330 g/mol. The van der Waals surface area contributed by atoms with Crippen LogP contribution in [0.25, 0.3) is 0 Å². The smallest absolute Gasteiger partial charge is 0.304 e. The molecule has 3 rings (SSSR count). The van der Waals surface area contributed by atoms with Gasteiger partial charge < -0.3 is 14.6 Å². The molecule has 0 spiro atoms. The lowest BCUT2D eigenvalue weighted by Gasteiger charge is -2.34. The standard InChI is InChI=1S/C14H16ClNO4S/c15-11-3-9(4-12-14(11)20-8-19-12)6-16-1-2-21-7-10(16)5-13(17)18/h3-4,10H,1-2,5-8H2,(H,17,18). The molecule has 1 unspecified atom stereocenters. The van der Waals surface area contributed by atoms with Crippen molar-refractivity contribution in [1.82, 2.24) is 4.90 Å². The van der Waals surface area contributed by atoms with E-state index in [9.17, 15) is 4.79 Å². The van der Waals surface area contributed by atoms with Crippen LogP contribution in [0.2, 0.25) is 5.02 Å². The summed E-state index contributed by atoms with van der Waals surface area (Å²) in [6.45, 7) is 1.75. The highest BCUT2D eigenvalue weighted by Gasteiger charge is 2.26. The fourth-order valence-corrected chi connectivity index (χ4v) is 4.05. The van der Waals surface area contributed by atoms with Gasteiger partial charge in [-0.15, -0.1) is 0 Å². The molecule has 0 radical (unpaired) electrons. The molecule has 2 aliphatic rings. The van der Waals surface area contributed by atoms with Gasteiger partial charge in [0.15, 0.2) is 11.5 Å². The van der Waals surface area contributed by atoms with Crippen LogP contribution in [0.3, 0.4) is 0 Å². The van der Waals surface area contributed by atoms with E-state index in [0.717, 1.165) is 23.6 Å². The van der Waals surface area contributed by atoms with Crippen LogP contribution in [-0.2, 0) is 11.3 Å². The van der Waals surface area contributed by atoms with Crippen LogP contribution >= 0.6 is 23.4 Å². The number of thioether (sulfide) groups is 1. The third kappa shape index (κ3) is 3.39. The second-order valence-corrected chi connectivity index (χ2v) is 6.67. The molecule has 2 aliphatic heterocycles. The van der Waals surface area contributed by atoms with Crippen LogP contribution in [0.4, 0.5) is 0 Å². The Bertz CT molecular complexity index is 554. The molecule has 21 heavy (non-hydrogen) atoms. The van der Waals surface area contributed by atoms with Gasteiger partial charge in [-0.1, -0.05) is 11.6 Å². The van der Waals surface area contributed by atoms with Crippen molar-refractivity contribution in [3.8, 4) is 11.5 Å². The van der Waals surface area contributed by atoms with Crippen molar-refractivity contribution < 1.29 is 19.4 Å². The van der Waals surface area contributed by atoms with Gasteiger partial charge in [0.25, 0.3) is 0 Å². The second-order valence-electron chi connectivity index (χ2n) is 5.11. The summed E-state index contributed by atoms with van der Waals surface area (Å²) in [6.07, 6.45) is 0.172. The third-order valence-corrected chi connectivity index (χ3v) is 5.00. The maximum absolute atomic E-state index is 11.0. The van der Waals surface area contributed by atoms with E-state index < -0.39 is 5.97 Å². The molecule has 1 N–H and O–H groups in total. The van der Waals surface area contributed by atoms with Crippen molar-refractivity contribution in [3.63, 3.8) is 0 Å². The minimum atomic E-state index is -0.754. The number of nitrogens with zero attached hydrogens (tertiary/aromatic N) is 1. The summed E-state index contributed by atoms with van der Waals surface area (Å²) >= 11 is 8.00. The Kier molecular flexibility index (Phi) is 4.47. The van der Waals surface area contributed by atoms with Gasteiger partial charge in [-0.2, -0.15) is 11.8 Å². The van der Waals surface area contributed by atoms with Crippen molar-refractivity contribution in [3.05, 3.63) is 22.7 Å². The topological polar surface area (TPSA) is 59.0 Å². The molecule has 114 valence electrons. The number of halogens is 1. The monoisotopic (exact) mass is 329 g/mol. The van der Waals surface area contributed by atoms with Gasteiger partial charge in [-0.25, -0.2) is 0 Å². The fourth-order valence-electron chi connectivity index (χ4n) is 2.63. The summed E-state index contributed by atoms with van der Waals surface area (Å²) in [5.41, 5.74) is 1.02. The lowest BCUT2D eigenvalue weighted by atomic mass is 10.1. The Hall–Kier alpha value is -1.11. The van der Waals surface area contributed by atoms with Gasteiger partial charge in [0.2, 0.25) is 6.79 Å². The maximum Gasteiger partial charge on any atom is 0.304 e. The molecule has 1 fully saturated rings. The SMILES string of the molecule is O=C(O)CC1CSCCN1Cc1cc(Cl)c2c(c1)OCO2. The van der Waals surface area contributed by atoms with E-state index in [2.05, 4.69) is 4.90 Å². The van der Waals surface area contributed by atoms with Crippen molar-refractivity contribution in [1.29, 1.82) is 0 Å². The Labute approximate surface area is 132 Å². The van der Waals surface area contributed by atoms with Crippen molar-refractivity contribution in [2.75, 3.05) is 24.8 Å². The molecular formula is C14H16ClNO4S. The number of carboxylic acids is 1. The summed E-state index contributed by atoms with van der Waals surface area (Å²) < 4.78 is 10.7. The van der Waals surface area contributed by atoms with Crippen LogP contribution in [0, 0.1) is 0 Å². The first-order valence-corrected chi connectivity index (χ1v) is 8.28. The van der Waals surface area contributed by atoms with Crippen LogP contribution in [-0.4, -0.2) is 46.9 Å². The van der Waals surface area contributed by atoms with E-state index >= 15 is 0 Å². The Balaban J connectivity index is 1.75. The first-order chi connectivity index (χ1) is 10.1. The zero-order chi connectivity index (χ0) is 14.8. The van der Waals surface area contributed by atoms with Gasteiger partial charge in [0.05, 0.1) is 11.4 Å². The molecular weight excluding hydrogens is 314 g/mol. The molecule has 1 saturated heterocycles. The number of hydrogen-bond acceptors (Lipinski definition) is 5. The van der Waals surface area contributed by atoms with Gasteiger partial charge >= 0.3 is 5.97 Å². The van der Waals surface area contributed by atoms with Gasteiger partial charge in [-0.3, -0.25) is 9.69 Å². The number of carbonyl (C=O) groups is 1. The normalized spacial score (nSPS) is 21.5. The molecule has 0 aromatic heterocycles. The van der Waals surface area contributed by atoms with Gasteiger partial charge in [0.1, 0.15) is 0 Å². The van der Waals surface area contributed by atoms with Crippen LogP contribution in [0.5, 0.6) is 11.5 Å². The first kappa shape index (κ1) is 14.8. The zero-order valence-electron chi connectivity index (χ0n) is 11.4. The quantitative estimate of drug-likeness (QED) is 0.915. The summed E-state index contributed by atoms with van der Waals surface area (Å²) in [5.74, 6) is 2.38. The highest BCUT2D eigenvalue weighted by Crippen LogP contribution is 2.40. The number of ether oxygens (including phenoxy) is 2. The largest absolute Gasteiger partial charge is 0.481 e. The Morgan fingerprint density at radius 2 is 2.33 bits per heavy atom. The molecule has 0 amide bonds. The van der Waals surface area contributed by atoms with Gasteiger partial charge in [-0.05, 0) is 17.7 Å². The summed E-state index contributed by atoms with van der Waals surface area (Å²) in [4.78, 5) is 13.2. The minimum Gasteiger partial charge on any atom is -0.481 e. The van der Waals surface area contributed by atoms with E-state index in [1.165, 1.54) is 0 Å². The highest BCUT2D eigenvalue weighted by atomic mass is 35.5. The molecule has 1 atom stereocenters. The minimum absolute atomic E-state index is 0.0606. The fraction of sp³-hybridized carbons (Fsp3) is 0.500. The second kappa shape index (κ2) is 6.34. The number of hydrogen-bond donors (Lipinski definition) is 1. The molecule has 5 nitrogen and oxygen atoms in total. The highest BCUT2D eigenvalue weighted by molar-refractivity contribution is 7.99. The summed E-state index contributed by atoms with van der Waals surface area (Å²) in [7, 11) is 0. The van der Waals surface area contributed by atoms with Crippen molar-refractivity contribution in [2.24, 2.45) is 0 Å². The Morgan fingerprint density at radius 3 is 3.14 bits per heavy atom. The number of aliphatic carboxylic acids is 1. The molecule has 0 aliphatic carbocycles. The number of fused-ring (bicyclic) bond motifs is 1. The molecule has 1 aromatic rings. The molecule has 0 bridgehead atoms. The van der Waals surface area contributed by atoms with Crippen LogP contribution < -0.4 is 9.47 Å². The predicted octanol–water partition coefficient (Wildman–Crippen LogP) is 2.46. The number of carboxylic acid groups (broad SMARTS) is 1. The number of rotatable bonds is 4. The van der Waals surface area contributed by atoms with Crippen LogP contribution in [0.1, 0.15) is 12.0 Å². The predicted molar refractivity (Wildman–Crippen MR) is 81.4 cm³/mol. The summed E-state index contributed by atoms with van der Waals surface area (Å²) in [6, 6.07) is 3.85. The molecule has 2 heterocycles. The average Bonchev–Trinajstić information content (AvgIpc) is 2.89. The third-order valence-electron chi connectivity index (χ3n) is 3.63. The lowest BCUT2D eigenvalue weighted by molar-refractivity contribution is -0.138. The maximum atomic E-state index is 11.0. The zero-order valence-corrected chi connectivity index (χ0v) is 13.0. The summed E-state index contributed by atoms with van der Waals surface area (Å²) in [5, 5.41) is 9.57. The van der Waals surface area contributed by atoms with E-state index in [0.29, 0.717) is 23.1 Å².